The minimum Gasteiger partial charge on any atom is -0.473 e. The third-order valence-electron chi connectivity index (χ3n) is 6.56. The van der Waals surface area contributed by atoms with E-state index >= 15 is 0 Å². The number of hydrogen-bond acceptors (Lipinski definition) is 3. The highest BCUT2D eigenvalue weighted by Crippen LogP contribution is 2.36. The van der Waals surface area contributed by atoms with Gasteiger partial charge in [0.2, 0.25) is 0 Å². The van der Waals surface area contributed by atoms with Crippen LogP contribution in [0.15, 0.2) is 48.7 Å². The van der Waals surface area contributed by atoms with E-state index < -0.39 is 11.9 Å². The summed E-state index contributed by atoms with van der Waals surface area (Å²) in [5.74, 6) is -2.19. The Bertz CT molecular complexity index is 1080. The fourth-order valence-electron chi connectivity index (χ4n) is 5.05. The number of nitrogens with one attached hydrogen (secondary N) is 1. The lowest BCUT2D eigenvalue weighted by atomic mass is 9.88. The fourth-order valence-corrected chi connectivity index (χ4v) is 5.28. The Balaban J connectivity index is 0.000000363. The van der Waals surface area contributed by atoms with Crippen LogP contribution in [0.4, 0.5) is 0 Å². The molecule has 6 nitrogen and oxygen atoms in total. The highest BCUT2D eigenvalue weighted by molar-refractivity contribution is 6.35. The van der Waals surface area contributed by atoms with Crippen molar-refractivity contribution in [3.8, 4) is 0 Å². The summed E-state index contributed by atoms with van der Waals surface area (Å²) in [6.45, 7) is 3.68. The number of carbonyl (C=O) groups is 2. The molecular formula is C25H27ClN2O4. The van der Waals surface area contributed by atoms with Crippen LogP contribution < -0.4 is 0 Å². The second-order valence-corrected chi connectivity index (χ2v) is 9.04. The molecule has 1 aliphatic heterocycles. The molecule has 7 heteroatoms. The van der Waals surface area contributed by atoms with Gasteiger partial charge in [-0.1, -0.05) is 48.0 Å². The zero-order valence-corrected chi connectivity index (χ0v) is 18.5. The summed E-state index contributed by atoms with van der Waals surface area (Å²) in [6, 6.07) is 15.2. The number of aliphatic carboxylic acids is 2. The maximum Gasteiger partial charge on any atom is 0.414 e. The van der Waals surface area contributed by atoms with Crippen molar-refractivity contribution in [2.75, 3.05) is 19.6 Å². The van der Waals surface area contributed by atoms with Crippen molar-refractivity contribution < 1.29 is 19.8 Å². The Morgan fingerprint density at radius 3 is 2.19 bits per heavy atom. The number of para-hydroxylation sites is 1. The minimum atomic E-state index is -1.82. The van der Waals surface area contributed by atoms with Gasteiger partial charge in [0.25, 0.3) is 0 Å². The summed E-state index contributed by atoms with van der Waals surface area (Å²) in [4.78, 5) is 24.3. The van der Waals surface area contributed by atoms with Gasteiger partial charge in [-0.25, -0.2) is 9.59 Å². The first kappa shape index (κ1) is 22.4. The molecule has 2 heterocycles. The molecule has 1 fully saturated rings. The van der Waals surface area contributed by atoms with E-state index in [1.807, 2.05) is 6.07 Å². The van der Waals surface area contributed by atoms with E-state index in [0.717, 1.165) is 16.5 Å². The molecule has 1 saturated heterocycles. The number of piperidine rings is 1. The lowest BCUT2D eigenvalue weighted by Gasteiger charge is -2.33. The van der Waals surface area contributed by atoms with Crippen LogP contribution in [-0.4, -0.2) is 51.7 Å². The van der Waals surface area contributed by atoms with E-state index in [9.17, 15) is 0 Å². The fraction of sp³-hybridized carbons (Fsp3) is 0.360. The van der Waals surface area contributed by atoms with Crippen molar-refractivity contribution in [3.05, 3.63) is 70.4 Å². The molecule has 2 aliphatic rings. The van der Waals surface area contributed by atoms with Gasteiger partial charge in [0.1, 0.15) is 0 Å². The summed E-state index contributed by atoms with van der Waals surface area (Å²) < 4.78 is 0. The average molecular weight is 455 g/mol. The molecule has 1 aliphatic carbocycles. The van der Waals surface area contributed by atoms with E-state index in [1.54, 1.807) is 11.1 Å². The lowest BCUT2D eigenvalue weighted by molar-refractivity contribution is -0.159. The molecule has 3 aromatic rings. The molecule has 0 spiro atoms. The third kappa shape index (κ3) is 4.97. The first-order chi connectivity index (χ1) is 15.4. The van der Waals surface area contributed by atoms with Crippen LogP contribution in [0.1, 0.15) is 35.4 Å². The molecule has 3 N–H and O–H groups in total. The molecule has 0 atom stereocenters. The van der Waals surface area contributed by atoms with Gasteiger partial charge in [0.15, 0.2) is 0 Å². The van der Waals surface area contributed by atoms with Crippen molar-refractivity contribution in [2.24, 2.45) is 5.92 Å². The van der Waals surface area contributed by atoms with Crippen molar-refractivity contribution in [1.29, 1.82) is 0 Å². The molecule has 0 radical (unpaired) electrons. The highest BCUT2D eigenvalue weighted by atomic mass is 35.5. The van der Waals surface area contributed by atoms with Gasteiger partial charge in [0.05, 0.1) is 10.5 Å². The van der Waals surface area contributed by atoms with Crippen molar-refractivity contribution >= 4 is 34.4 Å². The number of rotatable bonds is 3. The Hall–Kier alpha value is -2.83. The van der Waals surface area contributed by atoms with Gasteiger partial charge in [0, 0.05) is 18.1 Å². The molecule has 0 unspecified atom stereocenters. The lowest BCUT2D eigenvalue weighted by Crippen LogP contribution is -2.36. The van der Waals surface area contributed by atoms with Crippen LogP contribution in [0.2, 0.25) is 5.02 Å². The number of aromatic amines is 1. The molecule has 0 saturated carbocycles. The van der Waals surface area contributed by atoms with Gasteiger partial charge in [-0.2, -0.15) is 0 Å². The summed E-state index contributed by atoms with van der Waals surface area (Å²) >= 11 is 6.33. The summed E-state index contributed by atoms with van der Waals surface area (Å²) in [5, 5.41) is 16.9. The number of benzene rings is 2. The largest absolute Gasteiger partial charge is 0.473 e. The van der Waals surface area contributed by atoms with Gasteiger partial charge in [-0.3, -0.25) is 0 Å². The molecule has 1 aromatic heterocycles. The molecule has 2 aromatic carbocycles. The van der Waals surface area contributed by atoms with E-state index in [-0.39, 0.29) is 0 Å². The SMILES string of the molecule is Clc1cccc2c(C3CCN(CC4Cc5ccccc5C4)CC3)c[nH]c12.O=C(O)C(=O)O. The zero-order valence-electron chi connectivity index (χ0n) is 17.8. The van der Waals surface area contributed by atoms with Crippen molar-refractivity contribution in [3.63, 3.8) is 0 Å². The molecular weight excluding hydrogens is 428 g/mol. The summed E-state index contributed by atoms with van der Waals surface area (Å²) in [7, 11) is 0. The maximum absolute atomic E-state index is 9.10. The summed E-state index contributed by atoms with van der Waals surface area (Å²) in [5.41, 5.74) is 5.69. The number of fused-ring (bicyclic) bond motifs is 2. The maximum atomic E-state index is 9.10. The van der Waals surface area contributed by atoms with Crippen LogP contribution >= 0.6 is 11.6 Å². The number of likely N-dealkylation sites (tertiary alicyclic amines) is 1. The first-order valence-corrected chi connectivity index (χ1v) is 11.3. The Kier molecular flexibility index (Phi) is 6.82. The topological polar surface area (TPSA) is 93.6 Å². The van der Waals surface area contributed by atoms with Crippen LogP contribution in [-0.2, 0) is 22.4 Å². The second kappa shape index (κ2) is 9.76. The first-order valence-electron chi connectivity index (χ1n) is 10.9. The molecule has 5 rings (SSSR count). The number of hydrogen-bond donors (Lipinski definition) is 3. The predicted octanol–water partition coefficient (Wildman–Crippen LogP) is 4.57. The number of H-pyrrole nitrogens is 1. The standard InChI is InChI=1S/C23H25ClN2.C2H2O4/c24-22-7-3-6-20-21(14-25-23(20)22)17-8-10-26(11-9-17)15-16-12-18-4-1-2-5-19(18)13-16;3-1(4)2(5)6/h1-7,14,16-17,25H,8-13,15H2;(H,3,4)(H,5,6). The quantitative estimate of drug-likeness (QED) is 0.504. The average Bonchev–Trinajstić information content (AvgIpc) is 3.39. The molecule has 168 valence electrons. The number of carboxylic acids is 2. The number of carboxylic acid groups (broad SMARTS) is 2. The van der Waals surface area contributed by atoms with E-state index in [1.165, 1.54) is 56.3 Å². The van der Waals surface area contributed by atoms with Crippen LogP contribution in [0.3, 0.4) is 0 Å². The number of halogens is 1. The van der Waals surface area contributed by atoms with Gasteiger partial charge >= 0.3 is 11.9 Å². The minimum absolute atomic E-state index is 0.652. The Labute approximate surface area is 191 Å². The van der Waals surface area contributed by atoms with Crippen molar-refractivity contribution in [1.82, 2.24) is 9.88 Å². The molecule has 0 amide bonds. The normalized spacial score (nSPS) is 17.0. The number of aromatic nitrogens is 1. The zero-order chi connectivity index (χ0) is 22.7. The van der Waals surface area contributed by atoms with Gasteiger partial charge < -0.3 is 20.1 Å². The molecule has 0 bridgehead atoms. The Morgan fingerprint density at radius 2 is 1.59 bits per heavy atom. The predicted molar refractivity (Wildman–Crippen MR) is 124 cm³/mol. The van der Waals surface area contributed by atoms with E-state index in [2.05, 4.69) is 52.5 Å². The smallest absolute Gasteiger partial charge is 0.414 e. The van der Waals surface area contributed by atoms with E-state index in [0.29, 0.717) is 5.92 Å². The van der Waals surface area contributed by atoms with Gasteiger partial charge in [-0.15, -0.1) is 0 Å². The number of nitrogens with zero attached hydrogens (tertiary/aromatic N) is 1. The monoisotopic (exact) mass is 454 g/mol. The third-order valence-corrected chi connectivity index (χ3v) is 6.87. The van der Waals surface area contributed by atoms with Gasteiger partial charge in [-0.05, 0) is 73.4 Å². The van der Waals surface area contributed by atoms with Crippen LogP contribution in [0.25, 0.3) is 10.9 Å². The van der Waals surface area contributed by atoms with Crippen LogP contribution in [0.5, 0.6) is 0 Å². The highest BCUT2D eigenvalue weighted by Gasteiger charge is 2.27. The van der Waals surface area contributed by atoms with Crippen LogP contribution in [0, 0.1) is 5.92 Å². The van der Waals surface area contributed by atoms with E-state index in [4.69, 9.17) is 31.4 Å². The Morgan fingerprint density at radius 1 is 0.969 bits per heavy atom. The van der Waals surface area contributed by atoms with Crippen molar-refractivity contribution in [2.45, 2.75) is 31.6 Å². The molecule has 32 heavy (non-hydrogen) atoms. The summed E-state index contributed by atoms with van der Waals surface area (Å²) in [6.07, 6.45) is 7.21. The second-order valence-electron chi connectivity index (χ2n) is 8.63.